The molecular weight excluding hydrogens is 186 g/mol. The van der Waals surface area contributed by atoms with Gasteiger partial charge < -0.3 is 10.0 Å². The van der Waals surface area contributed by atoms with Gasteiger partial charge in [0.1, 0.15) is 0 Å². The van der Waals surface area contributed by atoms with E-state index in [1.807, 2.05) is 0 Å². The number of likely N-dealkylation sites (N-methyl/N-ethyl adjacent to an activating group) is 1. The number of hydrogen-bond acceptors (Lipinski definition) is 2. The van der Waals surface area contributed by atoms with Gasteiger partial charge >= 0.3 is 0 Å². The first-order valence-corrected chi connectivity index (χ1v) is 5.56. The van der Waals surface area contributed by atoms with Crippen LogP contribution in [0.4, 0.5) is 0 Å². The summed E-state index contributed by atoms with van der Waals surface area (Å²) >= 11 is 0. The van der Waals surface area contributed by atoms with Crippen LogP contribution < -0.4 is 0 Å². The highest BCUT2D eigenvalue weighted by molar-refractivity contribution is 5.26. The number of benzene rings is 1. The van der Waals surface area contributed by atoms with Gasteiger partial charge in [0.15, 0.2) is 0 Å². The zero-order chi connectivity index (χ0) is 10.8. The molecule has 82 valence electrons. The molecule has 0 spiro atoms. The standard InChI is InChI=1S/C13H19NO/c1-10-3-5-11(6-4-10)13-8-14(2)7-12(13)9-15/h3-6,12-13,15H,7-9H2,1-2H3/t12-,13-/m1/s1. The molecule has 1 aliphatic rings. The Morgan fingerprint density at radius 3 is 2.53 bits per heavy atom. The first-order chi connectivity index (χ1) is 7.20. The third-order valence-corrected chi connectivity index (χ3v) is 3.36. The highest BCUT2D eigenvalue weighted by Crippen LogP contribution is 2.31. The smallest absolute Gasteiger partial charge is 0.0477 e. The maximum atomic E-state index is 9.34. The number of hydrogen-bond donors (Lipinski definition) is 1. The summed E-state index contributed by atoms with van der Waals surface area (Å²) in [6.07, 6.45) is 0. The highest BCUT2D eigenvalue weighted by atomic mass is 16.3. The van der Waals surface area contributed by atoms with Crippen molar-refractivity contribution in [2.75, 3.05) is 26.7 Å². The van der Waals surface area contributed by atoms with Crippen molar-refractivity contribution in [1.29, 1.82) is 0 Å². The average molecular weight is 205 g/mol. The van der Waals surface area contributed by atoms with Crippen LogP contribution in [-0.2, 0) is 0 Å². The summed E-state index contributed by atoms with van der Waals surface area (Å²) in [5.74, 6) is 0.901. The van der Waals surface area contributed by atoms with Gasteiger partial charge in [-0.2, -0.15) is 0 Å². The second-order valence-electron chi connectivity index (χ2n) is 4.68. The van der Waals surface area contributed by atoms with Crippen LogP contribution in [0.15, 0.2) is 24.3 Å². The van der Waals surface area contributed by atoms with E-state index in [0.29, 0.717) is 18.4 Å². The Labute approximate surface area is 91.5 Å². The minimum absolute atomic E-state index is 0.295. The Kier molecular flexibility index (Phi) is 3.08. The van der Waals surface area contributed by atoms with Crippen molar-refractivity contribution in [2.45, 2.75) is 12.8 Å². The van der Waals surface area contributed by atoms with Crippen LogP contribution in [0.2, 0.25) is 0 Å². The van der Waals surface area contributed by atoms with Crippen LogP contribution in [0.5, 0.6) is 0 Å². The van der Waals surface area contributed by atoms with E-state index in [4.69, 9.17) is 0 Å². The lowest BCUT2D eigenvalue weighted by molar-refractivity contribution is 0.219. The van der Waals surface area contributed by atoms with Gasteiger partial charge in [0.2, 0.25) is 0 Å². The van der Waals surface area contributed by atoms with Crippen molar-refractivity contribution in [2.24, 2.45) is 5.92 Å². The van der Waals surface area contributed by atoms with E-state index in [0.717, 1.165) is 13.1 Å². The average Bonchev–Trinajstić information content (AvgIpc) is 2.61. The number of nitrogens with zero attached hydrogens (tertiary/aromatic N) is 1. The lowest BCUT2D eigenvalue weighted by Crippen LogP contribution is -2.15. The first-order valence-electron chi connectivity index (χ1n) is 5.56. The predicted molar refractivity (Wildman–Crippen MR) is 62.0 cm³/mol. The maximum absolute atomic E-state index is 9.34. The molecule has 0 amide bonds. The molecule has 1 fully saturated rings. The molecule has 2 nitrogen and oxygen atoms in total. The molecule has 1 N–H and O–H groups in total. The second-order valence-corrected chi connectivity index (χ2v) is 4.68. The summed E-state index contributed by atoms with van der Waals surface area (Å²) in [7, 11) is 2.12. The fourth-order valence-corrected chi connectivity index (χ4v) is 2.46. The second kappa shape index (κ2) is 4.33. The zero-order valence-electron chi connectivity index (χ0n) is 9.48. The Hall–Kier alpha value is -0.860. The number of rotatable bonds is 2. The third kappa shape index (κ3) is 2.21. The topological polar surface area (TPSA) is 23.5 Å². The first kappa shape index (κ1) is 10.7. The van der Waals surface area contributed by atoms with E-state index >= 15 is 0 Å². The van der Waals surface area contributed by atoms with Crippen LogP contribution >= 0.6 is 0 Å². The minimum atomic E-state index is 0.295. The Morgan fingerprint density at radius 1 is 1.27 bits per heavy atom. The molecule has 2 rings (SSSR count). The van der Waals surface area contributed by atoms with E-state index in [-0.39, 0.29) is 0 Å². The van der Waals surface area contributed by atoms with Crippen molar-refractivity contribution in [3.63, 3.8) is 0 Å². The predicted octanol–water partition coefficient (Wildman–Crippen LogP) is 1.63. The quantitative estimate of drug-likeness (QED) is 0.793. The van der Waals surface area contributed by atoms with Crippen LogP contribution in [-0.4, -0.2) is 36.8 Å². The van der Waals surface area contributed by atoms with Crippen LogP contribution in [0.1, 0.15) is 17.0 Å². The van der Waals surface area contributed by atoms with Gasteiger partial charge in [-0.3, -0.25) is 0 Å². The summed E-state index contributed by atoms with van der Waals surface area (Å²) < 4.78 is 0. The van der Waals surface area contributed by atoms with Gasteiger partial charge in [0, 0.05) is 31.5 Å². The highest BCUT2D eigenvalue weighted by Gasteiger charge is 2.31. The zero-order valence-corrected chi connectivity index (χ0v) is 9.48. The van der Waals surface area contributed by atoms with Crippen molar-refractivity contribution in [1.82, 2.24) is 4.90 Å². The molecule has 1 aliphatic heterocycles. The SMILES string of the molecule is Cc1ccc([C@H]2CN(C)C[C@@H]2CO)cc1. The monoisotopic (exact) mass is 205 g/mol. The normalized spacial score (nSPS) is 27.1. The van der Waals surface area contributed by atoms with E-state index < -0.39 is 0 Å². The summed E-state index contributed by atoms with van der Waals surface area (Å²) in [6.45, 7) is 4.47. The molecule has 0 bridgehead atoms. The molecule has 2 heteroatoms. The third-order valence-electron chi connectivity index (χ3n) is 3.36. The Balaban J connectivity index is 2.19. The molecule has 1 heterocycles. The summed E-state index contributed by atoms with van der Waals surface area (Å²) in [5, 5.41) is 9.34. The molecule has 0 aromatic heterocycles. The molecule has 1 aromatic rings. The number of aliphatic hydroxyl groups is 1. The molecule has 0 unspecified atom stereocenters. The van der Waals surface area contributed by atoms with Gasteiger partial charge in [-0.05, 0) is 19.5 Å². The van der Waals surface area contributed by atoms with Crippen LogP contribution in [0.3, 0.4) is 0 Å². The van der Waals surface area contributed by atoms with Crippen molar-refractivity contribution in [3.8, 4) is 0 Å². The number of aliphatic hydroxyl groups excluding tert-OH is 1. The number of likely N-dealkylation sites (tertiary alicyclic amines) is 1. The molecule has 1 saturated heterocycles. The maximum Gasteiger partial charge on any atom is 0.0477 e. The summed E-state index contributed by atoms with van der Waals surface area (Å²) in [5.41, 5.74) is 2.66. The Morgan fingerprint density at radius 2 is 1.93 bits per heavy atom. The fourth-order valence-electron chi connectivity index (χ4n) is 2.46. The van der Waals surface area contributed by atoms with Gasteiger partial charge in [0.25, 0.3) is 0 Å². The molecule has 0 aliphatic carbocycles. The van der Waals surface area contributed by atoms with E-state index in [9.17, 15) is 5.11 Å². The molecule has 0 saturated carbocycles. The lowest BCUT2D eigenvalue weighted by atomic mass is 9.89. The number of aryl methyl sites for hydroxylation is 1. The van der Waals surface area contributed by atoms with Gasteiger partial charge in [-0.25, -0.2) is 0 Å². The molecule has 1 aromatic carbocycles. The van der Waals surface area contributed by atoms with Gasteiger partial charge in [0.05, 0.1) is 0 Å². The van der Waals surface area contributed by atoms with Crippen LogP contribution in [0, 0.1) is 12.8 Å². The van der Waals surface area contributed by atoms with Crippen molar-refractivity contribution in [3.05, 3.63) is 35.4 Å². The summed E-state index contributed by atoms with van der Waals surface area (Å²) in [6, 6.07) is 8.70. The van der Waals surface area contributed by atoms with Crippen molar-refractivity contribution < 1.29 is 5.11 Å². The summed E-state index contributed by atoms with van der Waals surface area (Å²) in [4.78, 5) is 2.30. The van der Waals surface area contributed by atoms with E-state index in [1.54, 1.807) is 0 Å². The van der Waals surface area contributed by atoms with E-state index in [1.165, 1.54) is 11.1 Å². The largest absolute Gasteiger partial charge is 0.396 e. The minimum Gasteiger partial charge on any atom is -0.396 e. The van der Waals surface area contributed by atoms with Crippen LogP contribution in [0.25, 0.3) is 0 Å². The molecule has 0 radical (unpaired) electrons. The molecule has 2 atom stereocenters. The molecule has 15 heavy (non-hydrogen) atoms. The van der Waals surface area contributed by atoms with Gasteiger partial charge in [-0.15, -0.1) is 0 Å². The van der Waals surface area contributed by atoms with Crippen molar-refractivity contribution >= 4 is 0 Å². The fraction of sp³-hybridized carbons (Fsp3) is 0.538. The van der Waals surface area contributed by atoms with Gasteiger partial charge in [-0.1, -0.05) is 29.8 Å². The Bertz CT molecular complexity index is 320. The lowest BCUT2D eigenvalue weighted by Gasteiger charge is -2.16. The molecular formula is C13H19NO. The van der Waals surface area contributed by atoms with E-state index in [2.05, 4.69) is 43.1 Å².